The fourth-order valence-corrected chi connectivity index (χ4v) is 6.20. The molecular formula is C22H27N3O4S. The van der Waals surface area contributed by atoms with Gasteiger partial charge in [-0.1, -0.05) is 6.42 Å². The average molecular weight is 430 g/mol. The van der Waals surface area contributed by atoms with Crippen molar-refractivity contribution in [3.8, 4) is 0 Å². The van der Waals surface area contributed by atoms with Gasteiger partial charge >= 0.3 is 0 Å². The number of hydrogen-bond donors (Lipinski definition) is 1. The van der Waals surface area contributed by atoms with Crippen LogP contribution in [0.1, 0.15) is 63.9 Å². The fraction of sp³-hybridized carbons (Fsp3) is 0.455. The summed E-state index contributed by atoms with van der Waals surface area (Å²) in [6.45, 7) is 6.66. The molecule has 1 aromatic carbocycles. The van der Waals surface area contributed by atoms with Gasteiger partial charge in [-0.3, -0.25) is 9.59 Å². The summed E-state index contributed by atoms with van der Waals surface area (Å²) in [5.41, 5.74) is 3.90. The number of Topliss-reactive ketones (excluding diaryl/α,β-unsaturated/α-hetero) is 1. The lowest BCUT2D eigenvalue weighted by Gasteiger charge is -2.26. The summed E-state index contributed by atoms with van der Waals surface area (Å²) < 4.78 is 27.5. The van der Waals surface area contributed by atoms with Crippen LogP contribution in [-0.4, -0.2) is 49.0 Å². The monoisotopic (exact) mass is 429 g/mol. The third-order valence-electron chi connectivity index (χ3n) is 6.15. The highest BCUT2D eigenvalue weighted by Gasteiger charge is 2.32. The Morgan fingerprint density at radius 2 is 1.73 bits per heavy atom. The Bertz CT molecular complexity index is 1130. The first-order valence-electron chi connectivity index (χ1n) is 10.4. The minimum Gasteiger partial charge on any atom is -0.354 e. The third kappa shape index (κ3) is 3.37. The highest BCUT2D eigenvalue weighted by molar-refractivity contribution is 7.89. The molecular weight excluding hydrogens is 402 g/mol. The lowest BCUT2D eigenvalue weighted by Crippen LogP contribution is -2.35. The molecule has 2 aromatic rings. The average Bonchev–Trinajstić information content (AvgIpc) is 3.28. The predicted octanol–water partition coefficient (Wildman–Crippen LogP) is 3.21. The molecule has 30 heavy (non-hydrogen) atoms. The quantitative estimate of drug-likeness (QED) is 0.756. The molecule has 0 bridgehead atoms. The van der Waals surface area contributed by atoms with Gasteiger partial charge in [-0.25, -0.2) is 8.42 Å². The van der Waals surface area contributed by atoms with E-state index in [1.54, 1.807) is 41.3 Å². The number of nitrogens with zero attached hydrogens (tertiary/aromatic N) is 2. The third-order valence-corrected chi connectivity index (χ3v) is 8.04. The Kier molecular flexibility index (Phi) is 5.32. The van der Waals surface area contributed by atoms with E-state index in [9.17, 15) is 18.0 Å². The van der Waals surface area contributed by atoms with Crippen molar-refractivity contribution in [1.29, 1.82) is 0 Å². The van der Waals surface area contributed by atoms with Crippen molar-refractivity contribution in [2.75, 3.05) is 24.5 Å². The Balaban J connectivity index is 1.64. The zero-order valence-corrected chi connectivity index (χ0v) is 18.4. The molecule has 1 N–H and O–H groups in total. The van der Waals surface area contributed by atoms with Gasteiger partial charge in [-0.2, -0.15) is 4.31 Å². The number of aromatic nitrogens is 1. The topological polar surface area (TPSA) is 90.5 Å². The molecule has 160 valence electrons. The number of H-pyrrole nitrogens is 1. The van der Waals surface area contributed by atoms with E-state index in [-0.39, 0.29) is 11.7 Å². The maximum absolute atomic E-state index is 13.2. The number of amides is 1. The fourth-order valence-electron chi connectivity index (χ4n) is 4.63. The second-order valence-electron chi connectivity index (χ2n) is 8.14. The van der Waals surface area contributed by atoms with Crippen molar-refractivity contribution < 1.29 is 18.0 Å². The molecule has 1 amide bonds. The first-order chi connectivity index (χ1) is 14.2. The molecule has 1 aromatic heterocycles. The first-order valence-corrected chi connectivity index (χ1v) is 11.8. The van der Waals surface area contributed by atoms with E-state index in [4.69, 9.17) is 0 Å². The number of nitrogens with one attached hydrogen (secondary N) is 1. The summed E-state index contributed by atoms with van der Waals surface area (Å²) in [5, 5.41) is 0. The number of sulfonamides is 1. The highest BCUT2D eigenvalue weighted by Crippen LogP contribution is 2.33. The molecule has 0 atom stereocenters. The van der Waals surface area contributed by atoms with E-state index in [0.717, 1.165) is 30.5 Å². The van der Waals surface area contributed by atoms with Crippen LogP contribution >= 0.6 is 0 Å². The summed E-state index contributed by atoms with van der Waals surface area (Å²) in [5.74, 6) is -0.275. The van der Waals surface area contributed by atoms with Crippen molar-refractivity contribution in [1.82, 2.24) is 9.29 Å². The number of hydrogen-bond acceptors (Lipinski definition) is 4. The van der Waals surface area contributed by atoms with Crippen molar-refractivity contribution in [3.63, 3.8) is 0 Å². The summed E-state index contributed by atoms with van der Waals surface area (Å²) >= 11 is 0. The van der Waals surface area contributed by atoms with E-state index in [1.165, 1.54) is 6.92 Å². The van der Waals surface area contributed by atoms with Crippen molar-refractivity contribution in [2.45, 2.75) is 51.3 Å². The van der Waals surface area contributed by atoms with Crippen LogP contribution in [0.3, 0.4) is 0 Å². The molecule has 0 aliphatic carbocycles. The number of fused-ring (bicyclic) bond motifs is 1. The lowest BCUT2D eigenvalue weighted by atomic mass is 10.1. The van der Waals surface area contributed by atoms with Gasteiger partial charge in [0, 0.05) is 36.6 Å². The van der Waals surface area contributed by atoms with Gasteiger partial charge < -0.3 is 9.88 Å². The molecule has 0 spiro atoms. The van der Waals surface area contributed by atoms with Crippen LogP contribution in [0.4, 0.5) is 5.69 Å². The van der Waals surface area contributed by atoms with E-state index < -0.39 is 10.0 Å². The number of aromatic amines is 1. The zero-order valence-electron chi connectivity index (χ0n) is 17.6. The molecule has 0 radical (unpaired) electrons. The Labute approximate surface area is 177 Å². The number of aryl methyl sites for hydroxylation is 1. The van der Waals surface area contributed by atoms with E-state index in [1.807, 2.05) is 0 Å². The van der Waals surface area contributed by atoms with Gasteiger partial charge in [-0.15, -0.1) is 0 Å². The number of ketones is 1. The number of carbonyl (C=O) groups is 2. The van der Waals surface area contributed by atoms with Gasteiger partial charge in [0.2, 0.25) is 10.0 Å². The minimum absolute atomic E-state index is 0.0744. The second kappa shape index (κ2) is 7.67. The Morgan fingerprint density at radius 1 is 1.03 bits per heavy atom. The smallest absolute Gasteiger partial charge is 0.275 e. The minimum atomic E-state index is -3.51. The molecule has 1 saturated heterocycles. The highest BCUT2D eigenvalue weighted by atomic mass is 32.2. The predicted molar refractivity (Wildman–Crippen MR) is 115 cm³/mol. The molecule has 8 heteroatoms. The van der Waals surface area contributed by atoms with E-state index in [2.05, 4.69) is 4.98 Å². The van der Waals surface area contributed by atoms with Gasteiger partial charge in [-0.05, 0) is 69.4 Å². The van der Waals surface area contributed by atoms with Crippen molar-refractivity contribution >= 4 is 27.4 Å². The molecule has 3 heterocycles. The molecule has 2 aliphatic heterocycles. The maximum atomic E-state index is 13.2. The first kappa shape index (κ1) is 20.8. The number of carbonyl (C=O) groups excluding carboxylic acids is 2. The molecule has 7 nitrogen and oxygen atoms in total. The molecule has 2 aliphatic rings. The maximum Gasteiger partial charge on any atom is 0.275 e. The second-order valence-corrected chi connectivity index (χ2v) is 10.1. The van der Waals surface area contributed by atoms with Gasteiger partial charge in [0.25, 0.3) is 5.91 Å². The molecule has 1 fully saturated rings. The number of piperidine rings is 1. The van der Waals surface area contributed by atoms with Crippen LogP contribution < -0.4 is 4.90 Å². The standard InChI is InChI=1S/C22H27N3O4S/c1-14-20(16(3)26)15(2)23-21(14)22(27)25-12-9-17-13-18(7-8-19(17)25)30(28,29)24-10-5-4-6-11-24/h7-8,13,23H,4-6,9-12H2,1-3H3. The summed E-state index contributed by atoms with van der Waals surface area (Å²) in [7, 11) is -3.51. The Morgan fingerprint density at radius 3 is 2.37 bits per heavy atom. The van der Waals surface area contributed by atoms with Gasteiger partial charge in [0.05, 0.1) is 4.90 Å². The van der Waals surface area contributed by atoms with Crippen LogP contribution in [0.2, 0.25) is 0 Å². The van der Waals surface area contributed by atoms with Gasteiger partial charge in [0.15, 0.2) is 5.78 Å². The van der Waals surface area contributed by atoms with Crippen LogP contribution in [0.5, 0.6) is 0 Å². The van der Waals surface area contributed by atoms with Gasteiger partial charge in [0.1, 0.15) is 5.69 Å². The summed E-state index contributed by atoms with van der Waals surface area (Å²) in [4.78, 5) is 30.1. The lowest BCUT2D eigenvalue weighted by molar-refractivity contribution is 0.0984. The Hall–Kier alpha value is -2.45. The van der Waals surface area contributed by atoms with Crippen LogP contribution in [0.15, 0.2) is 23.1 Å². The largest absolute Gasteiger partial charge is 0.354 e. The van der Waals surface area contributed by atoms with Crippen LogP contribution in [0, 0.1) is 13.8 Å². The molecule has 0 saturated carbocycles. The molecule has 4 rings (SSSR count). The number of anilines is 1. The van der Waals surface area contributed by atoms with E-state index in [0.29, 0.717) is 53.5 Å². The van der Waals surface area contributed by atoms with Crippen molar-refractivity contribution in [3.05, 3.63) is 46.3 Å². The SMILES string of the molecule is CC(=O)c1c(C)[nH]c(C(=O)N2CCc3cc(S(=O)(=O)N4CCCCC4)ccc32)c1C. The van der Waals surface area contributed by atoms with Crippen molar-refractivity contribution in [2.24, 2.45) is 0 Å². The zero-order chi connectivity index (χ0) is 21.6. The summed E-state index contributed by atoms with van der Waals surface area (Å²) in [6, 6.07) is 5.04. The number of rotatable bonds is 4. The number of benzene rings is 1. The summed E-state index contributed by atoms with van der Waals surface area (Å²) in [6.07, 6.45) is 3.45. The molecule has 0 unspecified atom stereocenters. The van der Waals surface area contributed by atoms with Crippen LogP contribution in [0.25, 0.3) is 0 Å². The van der Waals surface area contributed by atoms with Crippen LogP contribution in [-0.2, 0) is 16.4 Å². The van der Waals surface area contributed by atoms with E-state index >= 15 is 0 Å². The normalized spacial score (nSPS) is 17.2.